The summed E-state index contributed by atoms with van der Waals surface area (Å²) in [5.41, 5.74) is 0.362. The first-order valence-corrected chi connectivity index (χ1v) is 12.2. The van der Waals surface area contributed by atoms with Crippen LogP contribution < -0.4 is 4.90 Å². The lowest BCUT2D eigenvalue weighted by Gasteiger charge is -2.40. The first kappa shape index (κ1) is 26.1. The summed E-state index contributed by atoms with van der Waals surface area (Å²) in [5.74, 6) is -1.81. The van der Waals surface area contributed by atoms with E-state index in [0.29, 0.717) is 30.6 Å². The molecule has 1 fully saturated rings. The van der Waals surface area contributed by atoms with Gasteiger partial charge in [-0.1, -0.05) is 18.5 Å². The number of hydrogen-bond donors (Lipinski definition) is 0. The first-order chi connectivity index (χ1) is 18.0. The van der Waals surface area contributed by atoms with Crippen molar-refractivity contribution in [2.75, 3.05) is 24.5 Å². The molecule has 0 radical (unpaired) electrons. The molecule has 5 rings (SSSR count). The van der Waals surface area contributed by atoms with Crippen molar-refractivity contribution in [2.24, 2.45) is 11.8 Å². The molecule has 14 heteroatoms. The van der Waals surface area contributed by atoms with E-state index < -0.39 is 24.3 Å². The molecule has 38 heavy (non-hydrogen) atoms. The molecule has 4 heterocycles. The van der Waals surface area contributed by atoms with E-state index in [1.54, 1.807) is 0 Å². The molecule has 2 aromatic heterocycles. The van der Waals surface area contributed by atoms with E-state index >= 15 is 0 Å². The second kappa shape index (κ2) is 9.65. The van der Waals surface area contributed by atoms with Gasteiger partial charge in [-0.15, -0.1) is 10.2 Å². The number of benzene rings is 1. The summed E-state index contributed by atoms with van der Waals surface area (Å²) in [6.45, 7) is 2.55. The molecule has 1 aromatic carbocycles. The predicted molar refractivity (Wildman–Crippen MR) is 126 cm³/mol. The van der Waals surface area contributed by atoms with Crippen molar-refractivity contribution in [3.63, 3.8) is 0 Å². The van der Waals surface area contributed by atoms with Gasteiger partial charge >= 0.3 is 6.18 Å². The van der Waals surface area contributed by atoms with E-state index in [1.807, 2.05) is 11.8 Å². The Kier molecular flexibility index (Phi) is 6.63. The summed E-state index contributed by atoms with van der Waals surface area (Å²) in [6.07, 6.45) is -5.78. The molecular formula is C24H21ClF5N7O. The number of carbonyl (C=O) groups excluding carboxylic acids is 1. The molecule has 0 unspecified atom stereocenters. The maximum Gasteiger partial charge on any atom is 0.451 e. The highest BCUT2D eigenvalue weighted by Crippen LogP contribution is 2.39. The highest BCUT2D eigenvalue weighted by molar-refractivity contribution is 6.31. The van der Waals surface area contributed by atoms with Gasteiger partial charge in [-0.3, -0.25) is 9.78 Å². The molecule has 200 valence electrons. The molecule has 0 saturated carbocycles. The predicted octanol–water partition coefficient (Wildman–Crippen LogP) is 4.81. The van der Waals surface area contributed by atoms with E-state index in [-0.39, 0.29) is 58.9 Å². The number of amides is 1. The molecule has 0 bridgehead atoms. The van der Waals surface area contributed by atoms with Crippen LogP contribution in [0.5, 0.6) is 0 Å². The van der Waals surface area contributed by atoms with E-state index in [9.17, 15) is 32.0 Å². The van der Waals surface area contributed by atoms with Crippen molar-refractivity contribution < 1.29 is 26.7 Å². The quantitative estimate of drug-likeness (QED) is 0.432. The largest absolute Gasteiger partial charge is 0.451 e. The third-order valence-electron chi connectivity index (χ3n) is 7.15. The number of carbonyl (C=O) groups is 1. The number of nitrogens with zero attached hydrogens (tertiary/aromatic N) is 7. The lowest BCUT2D eigenvalue weighted by molar-refractivity contribution is -0.148. The number of alkyl halides is 5. The first-order valence-electron chi connectivity index (χ1n) is 11.8. The maximum atomic E-state index is 13.7. The molecule has 1 amide bonds. The van der Waals surface area contributed by atoms with Crippen molar-refractivity contribution in [3.05, 3.63) is 46.1 Å². The second-order valence-corrected chi connectivity index (χ2v) is 9.93. The van der Waals surface area contributed by atoms with Gasteiger partial charge in [0.1, 0.15) is 6.07 Å². The smallest absolute Gasteiger partial charge is 0.370 e. The van der Waals surface area contributed by atoms with Crippen LogP contribution in [0.2, 0.25) is 5.02 Å². The van der Waals surface area contributed by atoms with Gasteiger partial charge < -0.3 is 14.4 Å². The number of rotatable bonds is 3. The van der Waals surface area contributed by atoms with Crippen LogP contribution >= 0.6 is 11.6 Å². The summed E-state index contributed by atoms with van der Waals surface area (Å²) in [4.78, 5) is 20.9. The normalized spacial score (nSPS) is 20.1. The van der Waals surface area contributed by atoms with Gasteiger partial charge in [0.05, 0.1) is 23.3 Å². The number of piperidine rings is 1. The Bertz CT molecular complexity index is 1450. The number of anilines is 1. The van der Waals surface area contributed by atoms with Crippen LogP contribution in [0.25, 0.3) is 10.9 Å². The van der Waals surface area contributed by atoms with Gasteiger partial charge in [-0.25, -0.2) is 8.78 Å². The summed E-state index contributed by atoms with van der Waals surface area (Å²) in [5, 5.41) is 17.0. The van der Waals surface area contributed by atoms with Crippen LogP contribution in [0, 0.1) is 23.2 Å². The fourth-order valence-corrected chi connectivity index (χ4v) is 5.60. The number of pyridine rings is 1. The number of hydrogen-bond acceptors (Lipinski definition) is 6. The summed E-state index contributed by atoms with van der Waals surface area (Å²) >= 11 is 6.13. The van der Waals surface area contributed by atoms with Crippen LogP contribution in [0.1, 0.15) is 42.5 Å². The lowest BCUT2D eigenvalue weighted by Crippen LogP contribution is -2.49. The molecule has 2 aliphatic heterocycles. The molecule has 1 saturated heterocycles. The molecule has 2 atom stereocenters. The molecular weight excluding hydrogens is 533 g/mol. The molecule has 0 spiro atoms. The van der Waals surface area contributed by atoms with Crippen LogP contribution in [0.4, 0.5) is 27.6 Å². The van der Waals surface area contributed by atoms with Crippen molar-refractivity contribution in [3.8, 4) is 6.07 Å². The van der Waals surface area contributed by atoms with Gasteiger partial charge in [-0.2, -0.15) is 18.4 Å². The number of halogens is 6. The Labute approximate surface area is 218 Å². The minimum atomic E-state index is -4.63. The van der Waals surface area contributed by atoms with Crippen LogP contribution in [-0.2, 0) is 24.1 Å². The van der Waals surface area contributed by atoms with Gasteiger partial charge in [0, 0.05) is 54.3 Å². The fourth-order valence-electron chi connectivity index (χ4n) is 5.37. The van der Waals surface area contributed by atoms with E-state index in [2.05, 4.69) is 21.3 Å². The van der Waals surface area contributed by atoms with Crippen molar-refractivity contribution in [1.82, 2.24) is 24.6 Å². The average Bonchev–Trinajstić information content (AvgIpc) is 3.31. The highest BCUT2D eigenvalue weighted by Gasteiger charge is 2.41. The van der Waals surface area contributed by atoms with Crippen molar-refractivity contribution in [1.29, 1.82) is 5.26 Å². The zero-order valence-corrected chi connectivity index (χ0v) is 20.8. The molecule has 0 aliphatic carbocycles. The topological polar surface area (TPSA) is 90.9 Å². The Morgan fingerprint density at radius 1 is 1.21 bits per heavy atom. The number of fused-ring (bicyclic) bond motifs is 2. The average molecular weight is 554 g/mol. The maximum absolute atomic E-state index is 13.7. The van der Waals surface area contributed by atoms with Crippen LogP contribution in [0.3, 0.4) is 0 Å². The highest BCUT2D eigenvalue weighted by atomic mass is 35.5. The molecule has 3 aromatic rings. The molecule has 8 nitrogen and oxygen atoms in total. The van der Waals surface area contributed by atoms with Crippen molar-refractivity contribution in [2.45, 2.75) is 39.0 Å². The minimum absolute atomic E-state index is 0.0555. The Morgan fingerprint density at radius 2 is 1.97 bits per heavy atom. The van der Waals surface area contributed by atoms with Gasteiger partial charge in [-0.05, 0) is 24.5 Å². The summed E-state index contributed by atoms with van der Waals surface area (Å²) < 4.78 is 67.8. The zero-order valence-electron chi connectivity index (χ0n) is 20.0. The van der Waals surface area contributed by atoms with E-state index in [0.717, 1.165) is 10.6 Å². The number of nitriles is 1. The minimum Gasteiger partial charge on any atom is -0.370 e. The van der Waals surface area contributed by atoms with Gasteiger partial charge in [0.25, 0.3) is 6.43 Å². The van der Waals surface area contributed by atoms with E-state index in [1.165, 1.54) is 17.2 Å². The third-order valence-corrected chi connectivity index (χ3v) is 7.37. The van der Waals surface area contributed by atoms with Gasteiger partial charge in [0.2, 0.25) is 11.7 Å². The molecule has 2 aliphatic rings. The van der Waals surface area contributed by atoms with Gasteiger partial charge in [0.15, 0.2) is 5.82 Å². The standard InChI is InChI=1S/C24H21ClF5N7O/c1-12-10-35(20-13(8-31)9-32-19-16(20)6-14(25)7-17(19)21(26)27)3-2-15(12)22(38)36-4-5-37-18(11-36)33-34-23(37)24(28,29)30/h6-7,9,12,15,21H,2-5,10-11H2,1H3/t12-,15+/m1/s1. The Balaban J connectivity index is 1.38. The van der Waals surface area contributed by atoms with Crippen LogP contribution in [0.15, 0.2) is 18.3 Å². The monoisotopic (exact) mass is 553 g/mol. The molecule has 0 N–H and O–H groups in total. The Morgan fingerprint density at radius 3 is 2.63 bits per heavy atom. The summed E-state index contributed by atoms with van der Waals surface area (Å²) in [7, 11) is 0. The zero-order chi connectivity index (χ0) is 27.4. The second-order valence-electron chi connectivity index (χ2n) is 9.49. The Hall–Kier alpha value is -3.53. The lowest BCUT2D eigenvalue weighted by atomic mass is 9.85. The third kappa shape index (κ3) is 4.51. The summed E-state index contributed by atoms with van der Waals surface area (Å²) in [6, 6.07) is 4.73. The SMILES string of the molecule is C[C@@H]1CN(c2c(C#N)cnc3c(C(F)F)cc(Cl)cc23)CC[C@@H]1C(=O)N1CCn2c(nnc2C(F)(F)F)C1. The van der Waals surface area contributed by atoms with E-state index in [4.69, 9.17) is 11.6 Å². The van der Waals surface area contributed by atoms with Crippen LogP contribution in [-0.4, -0.2) is 50.2 Å². The fraction of sp³-hybridized carbons (Fsp3) is 0.458. The number of aromatic nitrogens is 4. The van der Waals surface area contributed by atoms with Crippen molar-refractivity contribution >= 4 is 34.1 Å².